The van der Waals surface area contributed by atoms with Crippen LogP contribution in [0.2, 0.25) is 0 Å². The summed E-state index contributed by atoms with van der Waals surface area (Å²) in [6.45, 7) is 6.11. The van der Waals surface area contributed by atoms with Crippen LogP contribution >= 0.6 is 0 Å². The third-order valence-corrected chi connectivity index (χ3v) is 5.24. The van der Waals surface area contributed by atoms with E-state index in [1.807, 2.05) is 87.6 Å². The van der Waals surface area contributed by atoms with Gasteiger partial charge in [-0.2, -0.15) is 5.10 Å². The van der Waals surface area contributed by atoms with E-state index >= 15 is 0 Å². The number of hydrogen-bond acceptors (Lipinski definition) is 6. The number of nitrogens with zero attached hydrogens (tertiary/aromatic N) is 2. The maximum Gasteiger partial charge on any atom is 0.161 e. The van der Waals surface area contributed by atoms with E-state index in [0.29, 0.717) is 12.1 Å². The van der Waals surface area contributed by atoms with Crippen LogP contribution in [-0.2, 0) is 0 Å². The molecule has 0 saturated heterocycles. The van der Waals surface area contributed by atoms with Crippen LogP contribution in [0.25, 0.3) is 23.1 Å². The van der Waals surface area contributed by atoms with Crippen LogP contribution in [0.3, 0.4) is 0 Å². The van der Waals surface area contributed by atoms with Crippen molar-refractivity contribution >= 4 is 46.0 Å². The van der Waals surface area contributed by atoms with Gasteiger partial charge < -0.3 is 16.4 Å². The number of Topliss-reactive ketones (excluding diaryl/α,β-unsaturated/α-hetero) is 1. The zero-order valence-corrected chi connectivity index (χ0v) is 21.1. The summed E-state index contributed by atoms with van der Waals surface area (Å²) in [5.41, 5.74) is 11.1. The smallest absolute Gasteiger partial charge is 0.161 e. The molecule has 0 radical (unpaired) electrons. The highest BCUT2D eigenvalue weighted by molar-refractivity contribution is 6.00. The van der Waals surface area contributed by atoms with E-state index in [2.05, 4.69) is 37.7 Å². The lowest BCUT2D eigenvalue weighted by atomic mass is 10.1. The van der Waals surface area contributed by atoms with Crippen molar-refractivity contribution in [1.82, 2.24) is 15.2 Å². The Hall–Kier alpha value is -4.41. The molecule has 2 heterocycles. The number of rotatable bonds is 6. The van der Waals surface area contributed by atoms with E-state index in [1.165, 1.54) is 0 Å². The Morgan fingerprint density at radius 3 is 2.61 bits per heavy atom. The van der Waals surface area contributed by atoms with Crippen molar-refractivity contribution in [1.29, 1.82) is 0 Å². The average Bonchev–Trinajstić information content (AvgIpc) is 3.28. The van der Waals surface area contributed by atoms with Crippen molar-refractivity contribution in [3.05, 3.63) is 77.1 Å². The highest BCUT2D eigenvalue weighted by Gasteiger charge is 2.08. The molecule has 2 aromatic carbocycles. The largest absolute Gasteiger partial charge is 0.373 e. The topological polar surface area (TPSA) is 109 Å². The monoisotopic (exact) mass is 480 g/mol. The molecule has 0 aliphatic heterocycles. The minimum Gasteiger partial charge on any atom is -0.373 e. The fourth-order valence-corrected chi connectivity index (χ4v) is 3.57. The number of nitrogens with one attached hydrogen (secondary N) is 3. The normalized spacial score (nSPS) is 10.4. The summed E-state index contributed by atoms with van der Waals surface area (Å²) in [5.74, 6) is 6.41. The van der Waals surface area contributed by atoms with Crippen LogP contribution in [0, 0.1) is 18.8 Å². The molecule has 0 spiro atoms. The van der Waals surface area contributed by atoms with Crippen LogP contribution in [0.1, 0.15) is 47.6 Å². The summed E-state index contributed by atoms with van der Waals surface area (Å²) in [4.78, 5) is 16.4. The molecule has 4 rings (SSSR count). The fraction of sp³-hybridized carbons (Fsp3) is 0.207. The number of para-hydroxylation sites is 1. The molecule has 36 heavy (non-hydrogen) atoms. The number of aromatic amines is 1. The second-order valence-electron chi connectivity index (χ2n) is 8.05. The van der Waals surface area contributed by atoms with Gasteiger partial charge >= 0.3 is 0 Å². The molecule has 0 unspecified atom stereocenters. The first-order valence-electron chi connectivity index (χ1n) is 11.8. The second kappa shape index (κ2) is 12.9. The third kappa shape index (κ3) is 7.05. The lowest BCUT2D eigenvalue weighted by molar-refractivity contribution is 0.101. The molecular formula is C29H32N6O. The van der Waals surface area contributed by atoms with Gasteiger partial charge in [0.25, 0.3) is 0 Å². The molecule has 0 saturated carbocycles. The molecule has 4 aromatic rings. The van der Waals surface area contributed by atoms with E-state index in [-0.39, 0.29) is 5.78 Å². The first kappa shape index (κ1) is 26.2. The van der Waals surface area contributed by atoms with Crippen LogP contribution in [0.5, 0.6) is 0 Å². The molecule has 0 atom stereocenters. The number of pyridine rings is 1. The minimum atomic E-state index is 0.0272. The first-order chi connectivity index (χ1) is 17.4. The quantitative estimate of drug-likeness (QED) is 0.206. The van der Waals surface area contributed by atoms with Gasteiger partial charge in [0, 0.05) is 35.8 Å². The Morgan fingerprint density at radius 2 is 1.92 bits per heavy atom. The van der Waals surface area contributed by atoms with Crippen LogP contribution < -0.4 is 16.4 Å². The number of carbonyl (C=O) groups is 1. The number of fused-ring (bicyclic) bond motifs is 1. The summed E-state index contributed by atoms with van der Waals surface area (Å²) in [5, 5.41) is 14.9. The number of H-pyrrole nitrogens is 1. The number of nitrogens with two attached hydrogens (primary N) is 1. The summed E-state index contributed by atoms with van der Waals surface area (Å²) in [6, 6.07) is 17.5. The highest BCUT2D eigenvalue weighted by atomic mass is 16.1. The molecule has 184 valence electrons. The van der Waals surface area contributed by atoms with E-state index in [1.54, 1.807) is 6.92 Å². The molecule has 7 heteroatoms. The van der Waals surface area contributed by atoms with Crippen LogP contribution in [-0.4, -0.2) is 34.6 Å². The summed E-state index contributed by atoms with van der Waals surface area (Å²) in [6.07, 6.45) is 4.83. The molecule has 0 aliphatic carbocycles. The number of benzene rings is 2. The summed E-state index contributed by atoms with van der Waals surface area (Å²) in [7, 11) is 1.86. The zero-order chi connectivity index (χ0) is 25.9. The number of aromatic nitrogens is 3. The number of aryl methyl sites for hydroxylation is 1. The van der Waals surface area contributed by atoms with Gasteiger partial charge in [-0.1, -0.05) is 25.0 Å². The van der Waals surface area contributed by atoms with Crippen molar-refractivity contribution in [3.63, 3.8) is 0 Å². The van der Waals surface area contributed by atoms with Crippen molar-refractivity contribution in [2.24, 2.45) is 5.73 Å². The minimum absolute atomic E-state index is 0.0272. The molecule has 0 bridgehead atoms. The highest BCUT2D eigenvalue weighted by Crippen LogP contribution is 2.26. The molecule has 0 amide bonds. The Balaban J connectivity index is 0.000000538. The Labute approximate surface area is 212 Å². The lowest BCUT2D eigenvalue weighted by Crippen LogP contribution is -1.99. The Kier molecular flexibility index (Phi) is 9.38. The lowest BCUT2D eigenvalue weighted by Gasteiger charge is -2.10. The molecular weight excluding hydrogens is 448 g/mol. The third-order valence-electron chi connectivity index (χ3n) is 5.24. The Bertz CT molecular complexity index is 1420. The van der Waals surface area contributed by atoms with E-state index in [9.17, 15) is 4.79 Å². The van der Waals surface area contributed by atoms with Gasteiger partial charge in [0.2, 0.25) is 0 Å². The van der Waals surface area contributed by atoms with Gasteiger partial charge in [0.1, 0.15) is 5.82 Å². The zero-order valence-electron chi connectivity index (χ0n) is 21.1. The van der Waals surface area contributed by atoms with Crippen molar-refractivity contribution in [2.75, 3.05) is 24.2 Å². The predicted octanol–water partition coefficient (Wildman–Crippen LogP) is 5.78. The first-order valence-corrected chi connectivity index (χ1v) is 11.8. The SMILES string of the molecule is CCC#CCN.CNc1cc(C)cc(/C=C/c2n[nH]c3cc(Nc4ccccc4C(C)=O)ccc23)n1. The maximum atomic E-state index is 11.8. The number of anilines is 3. The number of carbonyl (C=O) groups excluding carboxylic acids is 1. The van der Waals surface area contributed by atoms with Crippen LogP contribution in [0.4, 0.5) is 17.2 Å². The van der Waals surface area contributed by atoms with Gasteiger partial charge in [-0.15, -0.1) is 5.92 Å². The Morgan fingerprint density at radius 1 is 1.11 bits per heavy atom. The predicted molar refractivity (Wildman–Crippen MR) is 150 cm³/mol. The fourth-order valence-electron chi connectivity index (χ4n) is 3.57. The van der Waals surface area contributed by atoms with Gasteiger partial charge in [0.15, 0.2) is 5.78 Å². The van der Waals surface area contributed by atoms with E-state index < -0.39 is 0 Å². The second-order valence-corrected chi connectivity index (χ2v) is 8.05. The van der Waals surface area contributed by atoms with Gasteiger partial charge in [-0.3, -0.25) is 9.89 Å². The summed E-state index contributed by atoms with van der Waals surface area (Å²) < 4.78 is 0. The maximum absolute atomic E-state index is 11.8. The average molecular weight is 481 g/mol. The molecule has 0 aliphatic rings. The molecule has 2 aromatic heterocycles. The van der Waals surface area contributed by atoms with Gasteiger partial charge in [-0.25, -0.2) is 4.98 Å². The van der Waals surface area contributed by atoms with E-state index in [0.717, 1.165) is 51.5 Å². The van der Waals surface area contributed by atoms with Gasteiger partial charge in [-0.05, 0) is 74.0 Å². The number of hydrogen-bond donors (Lipinski definition) is 4. The number of ketones is 1. The van der Waals surface area contributed by atoms with Crippen LogP contribution in [0.15, 0.2) is 54.6 Å². The van der Waals surface area contributed by atoms with E-state index in [4.69, 9.17) is 5.73 Å². The molecule has 0 fully saturated rings. The summed E-state index contributed by atoms with van der Waals surface area (Å²) >= 11 is 0. The molecule has 7 nitrogen and oxygen atoms in total. The standard InChI is InChI=1S/C24H23N5O.C5H9N/c1-15-12-17(27-24(13-15)25-3)9-11-22-20-10-8-18(14-23(20)29-28-22)26-21-7-5-4-6-19(21)16(2)30;1-2-3-4-5-6/h4-14,26H,1-3H3,(H,25,27)(H,28,29);2,5-6H2,1H3/b11-9+;. The van der Waals surface area contributed by atoms with Gasteiger partial charge in [0.05, 0.1) is 23.4 Å². The van der Waals surface area contributed by atoms with Crippen molar-refractivity contribution < 1.29 is 4.79 Å². The van der Waals surface area contributed by atoms with Crippen molar-refractivity contribution in [2.45, 2.75) is 27.2 Å². The molecule has 5 N–H and O–H groups in total. The van der Waals surface area contributed by atoms with Crippen molar-refractivity contribution in [3.8, 4) is 11.8 Å².